The van der Waals surface area contributed by atoms with Crippen LogP contribution in [0.4, 0.5) is 0 Å². The number of nitrogens with two attached hydrogens (primary N) is 1. The van der Waals surface area contributed by atoms with Crippen LogP contribution in [0.1, 0.15) is 5.56 Å². The summed E-state index contributed by atoms with van der Waals surface area (Å²) in [6.45, 7) is 6.49. The maximum Gasteiger partial charge on any atom is 0.142 e. The Hall–Kier alpha value is -0.810. The van der Waals surface area contributed by atoms with E-state index in [4.69, 9.17) is 22.1 Å². The highest BCUT2D eigenvalue weighted by Crippen LogP contribution is 2.28. The Balaban J connectivity index is 1.82. The summed E-state index contributed by atoms with van der Waals surface area (Å²) in [6, 6.07) is 5.70. The topological polar surface area (TPSA) is 41.7 Å². The van der Waals surface area contributed by atoms with E-state index in [-0.39, 0.29) is 0 Å². The van der Waals surface area contributed by atoms with Gasteiger partial charge in [-0.25, -0.2) is 0 Å². The molecule has 1 aliphatic rings. The van der Waals surface area contributed by atoms with Gasteiger partial charge in [-0.05, 0) is 13.1 Å². The molecule has 0 radical (unpaired) electrons. The normalized spacial score (nSPS) is 17.6. The van der Waals surface area contributed by atoms with Crippen molar-refractivity contribution in [2.45, 2.75) is 6.54 Å². The highest BCUT2D eigenvalue weighted by Gasteiger charge is 2.14. The predicted octanol–water partition coefficient (Wildman–Crippen LogP) is 1.42. The molecule has 1 aromatic rings. The first-order valence-corrected chi connectivity index (χ1v) is 7.09. The fraction of sp³-hybridized carbons (Fsp3) is 0.571. The van der Waals surface area contributed by atoms with Gasteiger partial charge in [-0.1, -0.05) is 23.7 Å². The molecule has 0 unspecified atom stereocenters. The molecule has 2 N–H and O–H groups in total. The molecule has 0 aromatic heterocycles. The maximum absolute atomic E-state index is 6.15. The number of nitrogens with zero attached hydrogens (tertiary/aromatic N) is 2. The first-order chi connectivity index (χ1) is 9.20. The van der Waals surface area contributed by atoms with E-state index in [1.807, 2.05) is 18.2 Å². The second kappa shape index (κ2) is 7.10. The summed E-state index contributed by atoms with van der Waals surface area (Å²) in [7, 11) is 2.16. The molecule has 4 nitrogen and oxygen atoms in total. The van der Waals surface area contributed by atoms with Gasteiger partial charge in [0.2, 0.25) is 0 Å². The number of rotatable bonds is 5. The summed E-state index contributed by atoms with van der Waals surface area (Å²) in [5, 5.41) is 0.640. The Morgan fingerprint density at radius 3 is 2.68 bits per heavy atom. The zero-order valence-electron chi connectivity index (χ0n) is 11.4. The molecule has 0 amide bonds. The smallest absolute Gasteiger partial charge is 0.142 e. The van der Waals surface area contributed by atoms with Crippen molar-refractivity contribution in [3.05, 3.63) is 28.8 Å². The lowest BCUT2D eigenvalue weighted by Gasteiger charge is -2.32. The molecule has 2 rings (SSSR count). The Morgan fingerprint density at radius 1 is 1.26 bits per heavy atom. The van der Waals surface area contributed by atoms with E-state index in [1.54, 1.807) is 0 Å². The lowest BCUT2D eigenvalue weighted by Crippen LogP contribution is -2.45. The third-order valence-corrected chi connectivity index (χ3v) is 3.82. The van der Waals surface area contributed by atoms with Crippen molar-refractivity contribution in [2.75, 3.05) is 46.4 Å². The van der Waals surface area contributed by atoms with Gasteiger partial charge in [-0.15, -0.1) is 0 Å². The molecule has 5 heteroatoms. The zero-order chi connectivity index (χ0) is 13.7. The highest BCUT2D eigenvalue weighted by molar-refractivity contribution is 6.32. The number of ether oxygens (including phenoxy) is 1. The minimum atomic E-state index is 0.449. The highest BCUT2D eigenvalue weighted by atomic mass is 35.5. The fourth-order valence-corrected chi connectivity index (χ4v) is 2.47. The Morgan fingerprint density at radius 2 is 2.00 bits per heavy atom. The first-order valence-electron chi connectivity index (χ1n) is 6.72. The van der Waals surface area contributed by atoms with Gasteiger partial charge < -0.3 is 15.4 Å². The monoisotopic (exact) mass is 283 g/mol. The Labute approximate surface area is 120 Å². The SMILES string of the molecule is CN1CCN(CCOc2c(Cl)cccc2CN)CC1. The van der Waals surface area contributed by atoms with Crippen molar-refractivity contribution >= 4 is 11.6 Å². The van der Waals surface area contributed by atoms with Gasteiger partial charge in [0.05, 0.1) is 5.02 Å². The molecule has 106 valence electrons. The number of piperazine rings is 1. The Kier molecular flexibility index (Phi) is 5.45. The van der Waals surface area contributed by atoms with Crippen LogP contribution in [-0.2, 0) is 6.54 Å². The van der Waals surface area contributed by atoms with Crippen LogP contribution in [0.25, 0.3) is 0 Å². The molecule has 0 atom stereocenters. The molecular formula is C14H22ClN3O. The van der Waals surface area contributed by atoms with Crippen LogP contribution in [0.15, 0.2) is 18.2 Å². The third-order valence-electron chi connectivity index (χ3n) is 3.52. The molecule has 1 aromatic carbocycles. The number of hydrogen-bond acceptors (Lipinski definition) is 4. The van der Waals surface area contributed by atoms with E-state index < -0.39 is 0 Å². The lowest BCUT2D eigenvalue weighted by atomic mass is 10.2. The molecule has 19 heavy (non-hydrogen) atoms. The number of hydrogen-bond donors (Lipinski definition) is 1. The standard InChI is InChI=1S/C14H22ClN3O/c1-17-5-7-18(8-6-17)9-10-19-14-12(11-16)3-2-4-13(14)15/h2-4H,5-11,16H2,1H3. The quantitative estimate of drug-likeness (QED) is 0.888. The molecule has 1 fully saturated rings. The van der Waals surface area contributed by atoms with Crippen molar-refractivity contribution < 1.29 is 4.74 Å². The summed E-state index contributed by atoms with van der Waals surface area (Å²) >= 11 is 6.15. The van der Waals surface area contributed by atoms with Crippen LogP contribution in [0.5, 0.6) is 5.75 Å². The number of halogens is 1. The van der Waals surface area contributed by atoms with Crippen LogP contribution in [-0.4, -0.2) is 56.2 Å². The molecule has 1 saturated heterocycles. The average Bonchev–Trinajstić information content (AvgIpc) is 2.42. The van der Waals surface area contributed by atoms with Gasteiger partial charge in [0.25, 0.3) is 0 Å². The second-order valence-electron chi connectivity index (χ2n) is 4.93. The van der Waals surface area contributed by atoms with Gasteiger partial charge >= 0.3 is 0 Å². The van der Waals surface area contributed by atoms with Crippen molar-refractivity contribution in [3.8, 4) is 5.75 Å². The molecule has 0 spiro atoms. The average molecular weight is 284 g/mol. The Bertz CT molecular complexity index is 406. The van der Waals surface area contributed by atoms with Crippen LogP contribution < -0.4 is 10.5 Å². The maximum atomic E-state index is 6.15. The summed E-state index contributed by atoms with van der Waals surface area (Å²) < 4.78 is 5.82. The van der Waals surface area contributed by atoms with Crippen LogP contribution in [0.3, 0.4) is 0 Å². The van der Waals surface area contributed by atoms with Crippen LogP contribution in [0, 0.1) is 0 Å². The largest absolute Gasteiger partial charge is 0.490 e. The first kappa shape index (κ1) is 14.6. The number of para-hydroxylation sites is 1. The number of likely N-dealkylation sites (N-methyl/N-ethyl adjacent to an activating group) is 1. The van der Waals surface area contributed by atoms with E-state index >= 15 is 0 Å². The molecule has 0 aliphatic carbocycles. The van der Waals surface area contributed by atoms with E-state index in [2.05, 4.69) is 16.8 Å². The summed E-state index contributed by atoms with van der Waals surface area (Å²) in [5.41, 5.74) is 6.66. The second-order valence-corrected chi connectivity index (χ2v) is 5.33. The summed E-state index contributed by atoms with van der Waals surface area (Å²) in [4.78, 5) is 4.76. The lowest BCUT2D eigenvalue weighted by molar-refractivity contribution is 0.133. The van der Waals surface area contributed by atoms with E-state index in [9.17, 15) is 0 Å². The minimum absolute atomic E-state index is 0.449. The molecule has 0 saturated carbocycles. The van der Waals surface area contributed by atoms with Crippen molar-refractivity contribution in [3.63, 3.8) is 0 Å². The van der Waals surface area contributed by atoms with Gasteiger partial charge in [-0.2, -0.15) is 0 Å². The van der Waals surface area contributed by atoms with Crippen LogP contribution >= 0.6 is 11.6 Å². The van der Waals surface area contributed by atoms with Crippen molar-refractivity contribution in [2.24, 2.45) is 5.73 Å². The predicted molar refractivity (Wildman–Crippen MR) is 78.8 cm³/mol. The van der Waals surface area contributed by atoms with Gasteiger partial charge in [0.1, 0.15) is 12.4 Å². The van der Waals surface area contributed by atoms with E-state index in [0.717, 1.165) is 44.0 Å². The van der Waals surface area contributed by atoms with Gasteiger partial charge in [0.15, 0.2) is 0 Å². The zero-order valence-corrected chi connectivity index (χ0v) is 12.2. The van der Waals surface area contributed by atoms with Crippen molar-refractivity contribution in [1.29, 1.82) is 0 Å². The molecular weight excluding hydrogens is 262 g/mol. The molecule has 0 bridgehead atoms. The van der Waals surface area contributed by atoms with Crippen molar-refractivity contribution in [1.82, 2.24) is 9.80 Å². The summed E-state index contributed by atoms with van der Waals surface area (Å²) in [5.74, 6) is 0.737. The summed E-state index contributed by atoms with van der Waals surface area (Å²) in [6.07, 6.45) is 0. The van der Waals surface area contributed by atoms with Gasteiger partial charge in [0, 0.05) is 44.8 Å². The van der Waals surface area contributed by atoms with E-state index in [0.29, 0.717) is 18.2 Å². The number of benzene rings is 1. The molecule has 1 heterocycles. The third kappa shape index (κ3) is 4.08. The van der Waals surface area contributed by atoms with Gasteiger partial charge in [-0.3, -0.25) is 4.90 Å². The fourth-order valence-electron chi connectivity index (χ4n) is 2.22. The minimum Gasteiger partial charge on any atom is -0.490 e. The molecule has 1 aliphatic heterocycles. The van der Waals surface area contributed by atoms with E-state index in [1.165, 1.54) is 0 Å². The van der Waals surface area contributed by atoms with Crippen LogP contribution in [0.2, 0.25) is 5.02 Å².